The molecule has 0 radical (unpaired) electrons. The van der Waals surface area contributed by atoms with Gasteiger partial charge in [0.05, 0.1) is 6.20 Å². The molecule has 138 valence electrons. The molecule has 2 aromatic heterocycles. The van der Waals surface area contributed by atoms with E-state index in [0.29, 0.717) is 13.1 Å². The van der Waals surface area contributed by atoms with Gasteiger partial charge in [-0.05, 0) is 43.4 Å². The number of amides is 1. The van der Waals surface area contributed by atoms with E-state index in [-0.39, 0.29) is 6.09 Å². The Morgan fingerprint density at radius 3 is 2.72 bits per heavy atom. The second-order valence-corrected chi connectivity index (χ2v) is 8.98. The Morgan fingerprint density at radius 2 is 2.08 bits per heavy atom. The third-order valence-electron chi connectivity index (χ3n) is 3.77. The SMILES string of the molecule is CC(C)(C)OC(=O)N1CCN(CCNc2nn3c(I)cnc3s2)CC1. The molecule has 1 N–H and O–H groups in total. The van der Waals surface area contributed by atoms with Crippen LogP contribution in [0.2, 0.25) is 0 Å². The van der Waals surface area contributed by atoms with Crippen molar-refractivity contribution >= 4 is 50.1 Å². The van der Waals surface area contributed by atoms with Crippen molar-refractivity contribution in [1.29, 1.82) is 0 Å². The van der Waals surface area contributed by atoms with Crippen molar-refractivity contribution in [3.05, 3.63) is 9.90 Å². The van der Waals surface area contributed by atoms with Gasteiger partial charge in [-0.1, -0.05) is 11.3 Å². The summed E-state index contributed by atoms with van der Waals surface area (Å²) in [5, 5.41) is 8.73. The van der Waals surface area contributed by atoms with Crippen LogP contribution < -0.4 is 5.32 Å². The largest absolute Gasteiger partial charge is 0.444 e. The molecule has 0 spiro atoms. The highest BCUT2D eigenvalue weighted by Gasteiger charge is 2.25. The normalized spacial score (nSPS) is 16.4. The predicted octanol–water partition coefficient (Wildman–Crippen LogP) is 2.36. The molecule has 2 aromatic rings. The molecule has 0 atom stereocenters. The molecule has 1 aliphatic heterocycles. The van der Waals surface area contributed by atoms with Crippen molar-refractivity contribution in [3.63, 3.8) is 0 Å². The third-order valence-corrected chi connectivity index (χ3v) is 5.39. The van der Waals surface area contributed by atoms with Gasteiger partial charge in [-0.15, -0.1) is 5.10 Å². The van der Waals surface area contributed by atoms with E-state index in [1.54, 1.807) is 16.2 Å². The zero-order valence-corrected chi connectivity index (χ0v) is 17.6. The van der Waals surface area contributed by atoms with Gasteiger partial charge < -0.3 is 15.0 Å². The first-order valence-corrected chi connectivity index (χ1v) is 10.2. The lowest BCUT2D eigenvalue weighted by atomic mass is 10.2. The van der Waals surface area contributed by atoms with E-state index in [4.69, 9.17) is 4.74 Å². The molecule has 10 heteroatoms. The molecule has 1 aliphatic rings. The van der Waals surface area contributed by atoms with Crippen LogP contribution in [0.1, 0.15) is 20.8 Å². The number of piperazine rings is 1. The molecule has 8 nitrogen and oxygen atoms in total. The number of carbonyl (C=O) groups is 1. The van der Waals surface area contributed by atoms with Crippen LogP contribution in [0, 0.1) is 3.70 Å². The van der Waals surface area contributed by atoms with E-state index in [2.05, 4.69) is 42.9 Å². The molecular formula is C15H23IN6O2S. The fourth-order valence-electron chi connectivity index (χ4n) is 2.54. The monoisotopic (exact) mass is 478 g/mol. The first-order valence-electron chi connectivity index (χ1n) is 8.26. The molecule has 25 heavy (non-hydrogen) atoms. The van der Waals surface area contributed by atoms with E-state index in [0.717, 1.165) is 40.0 Å². The lowest BCUT2D eigenvalue weighted by molar-refractivity contribution is 0.0148. The number of halogens is 1. The summed E-state index contributed by atoms with van der Waals surface area (Å²) in [7, 11) is 0. The number of aromatic nitrogens is 3. The molecule has 1 fully saturated rings. The molecule has 3 heterocycles. The van der Waals surface area contributed by atoms with Crippen LogP contribution in [0.3, 0.4) is 0 Å². The average molecular weight is 478 g/mol. The quantitative estimate of drug-likeness (QED) is 0.681. The second kappa shape index (κ2) is 7.62. The summed E-state index contributed by atoms with van der Waals surface area (Å²) >= 11 is 3.77. The first-order chi connectivity index (χ1) is 11.8. The van der Waals surface area contributed by atoms with Crippen LogP contribution >= 0.6 is 33.9 Å². The summed E-state index contributed by atoms with van der Waals surface area (Å²) in [5.74, 6) is 0. The average Bonchev–Trinajstić information content (AvgIpc) is 3.08. The van der Waals surface area contributed by atoms with E-state index in [9.17, 15) is 4.79 Å². The fraction of sp³-hybridized carbons (Fsp3) is 0.667. The van der Waals surface area contributed by atoms with Crippen molar-refractivity contribution in [2.45, 2.75) is 26.4 Å². The maximum Gasteiger partial charge on any atom is 0.410 e. The zero-order valence-electron chi connectivity index (χ0n) is 14.7. The van der Waals surface area contributed by atoms with E-state index < -0.39 is 5.60 Å². The number of nitrogens with zero attached hydrogens (tertiary/aromatic N) is 5. The summed E-state index contributed by atoms with van der Waals surface area (Å²) in [6.07, 6.45) is 1.60. The number of imidazole rings is 1. The van der Waals surface area contributed by atoms with Gasteiger partial charge in [0.15, 0.2) is 0 Å². The zero-order chi connectivity index (χ0) is 18.0. The Bertz CT molecular complexity index is 732. The summed E-state index contributed by atoms with van der Waals surface area (Å²) in [6, 6.07) is 0. The predicted molar refractivity (Wildman–Crippen MR) is 106 cm³/mol. The maximum absolute atomic E-state index is 12.1. The van der Waals surface area contributed by atoms with Gasteiger partial charge in [-0.2, -0.15) is 4.52 Å². The number of carbonyl (C=O) groups excluding carboxylic acids is 1. The topological polar surface area (TPSA) is 75.0 Å². The number of rotatable bonds is 4. The van der Waals surface area contributed by atoms with Gasteiger partial charge in [-0.25, -0.2) is 9.78 Å². The number of hydrogen-bond donors (Lipinski definition) is 1. The highest BCUT2D eigenvalue weighted by molar-refractivity contribution is 14.1. The second-order valence-electron chi connectivity index (χ2n) is 6.92. The molecule has 1 saturated heterocycles. The Labute approximate surface area is 164 Å². The van der Waals surface area contributed by atoms with Crippen molar-refractivity contribution in [2.75, 3.05) is 44.6 Å². The van der Waals surface area contributed by atoms with Gasteiger partial charge in [0.25, 0.3) is 0 Å². The van der Waals surface area contributed by atoms with Crippen LogP contribution in [0.5, 0.6) is 0 Å². The molecule has 0 unspecified atom stereocenters. The maximum atomic E-state index is 12.1. The van der Waals surface area contributed by atoms with E-state index >= 15 is 0 Å². The number of hydrogen-bond acceptors (Lipinski definition) is 7. The van der Waals surface area contributed by atoms with Gasteiger partial charge >= 0.3 is 6.09 Å². The number of ether oxygens (including phenoxy) is 1. The Balaban J connectivity index is 1.40. The minimum Gasteiger partial charge on any atom is -0.444 e. The van der Waals surface area contributed by atoms with Gasteiger partial charge in [-0.3, -0.25) is 4.90 Å². The molecule has 0 aliphatic carbocycles. The number of anilines is 1. The minimum absolute atomic E-state index is 0.217. The molecule has 3 rings (SSSR count). The number of fused-ring (bicyclic) bond motifs is 1. The van der Waals surface area contributed by atoms with Gasteiger partial charge in [0.1, 0.15) is 9.30 Å². The highest BCUT2D eigenvalue weighted by Crippen LogP contribution is 2.20. The summed E-state index contributed by atoms with van der Waals surface area (Å²) < 4.78 is 8.27. The van der Waals surface area contributed by atoms with Crippen LogP contribution in [0.15, 0.2) is 6.20 Å². The van der Waals surface area contributed by atoms with Crippen molar-refractivity contribution < 1.29 is 9.53 Å². The summed E-state index contributed by atoms with van der Waals surface area (Å²) in [6.45, 7) is 10.5. The number of nitrogens with one attached hydrogen (secondary N) is 1. The van der Waals surface area contributed by atoms with Gasteiger partial charge in [0, 0.05) is 39.3 Å². The van der Waals surface area contributed by atoms with Crippen LogP contribution in [-0.4, -0.2) is 75.4 Å². The standard InChI is InChI=1S/C15H23IN6O2S/c1-15(2,3)24-14(23)21-8-6-20(7-9-21)5-4-17-12-19-22-11(16)10-18-13(22)25-12/h10H,4-9H2,1-3H3,(H,17,19). The highest BCUT2D eigenvalue weighted by atomic mass is 127. The van der Waals surface area contributed by atoms with Crippen LogP contribution in [0.25, 0.3) is 4.96 Å². The first kappa shape index (κ1) is 18.6. The summed E-state index contributed by atoms with van der Waals surface area (Å²) in [5.41, 5.74) is -0.441. The van der Waals surface area contributed by atoms with Crippen molar-refractivity contribution in [2.24, 2.45) is 0 Å². The molecular weight excluding hydrogens is 455 g/mol. The summed E-state index contributed by atoms with van der Waals surface area (Å²) in [4.78, 5) is 21.4. The molecule has 1 amide bonds. The lowest BCUT2D eigenvalue weighted by Crippen LogP contribution is -2.50. The minimum atomic E-state index is -0.441. The lowest BCUT2D eigenvalue weighted by Gasteiger charge is -2.35. The van der Waals surface area contributed by atoms with E-state index in [1.807, 2.05) is 31.5 Å². The van der Waals surface area contributed by atoms with Gasteiger partial charge in [0.2, 0.25) is 10.1 Å². The molecule has 0 bridgehead atoms. The van der Waals surface area contributed by atoms with Crippen molar-refractivity contribution in [3.8, 4) is 0 Å². The Hall–Kier alpha value is -1.14. The third kappa shape index (κ3) is 4.94. The fourth-order valence-corrected chi connectivity index (χ4v) is 3.98. The van der Waals surface area contributed by atoms with Crippen LogP contribution in [0.4, 0.5) is 9.93 Å². The molecule has 0 aromatic carbocycles. The van der Waals surface area contributed by atoms with Crippen LogP contribution in [-0.2, 0) is 4.74 Å². The van der Waals surface area contributed by atoms with Crippen molar-refractivity contribution in [1.82, 2.24) is 24.4 Å². The smallest absolute Gasteiger partial charge is 0.410 e. The molecule has 0 saturated carbocycles. The Morgan fingerprint density at radius 1 is 1.36 bits per heavy atom. The van der Waals surface area contributed by atoms with E-state index in [1.165, 1.54) is 0 Å². The Kier molecular flexibility index (Phi) is 5.68.